The summed E-state index contributed by atoms with van der Waals surface area (Å²) in [5.74, 6) is 0. The first-order valence-corrected chi connectivity index (χ1v) is 4.23. The van der Waals surface area contributed by atoms with Gasteiger partial charge in [-0.15, -0.1) is 4.78 Å². The van der Waals surface area contributed by atoms with Crippen LogP contribution in [0.2, 0.25) is 4.78 Å². The molecule has 0 fully saturated rings. The normalized spacial score (nSPS) is 10.4. The van der Waals surface area contributed by atoms with E-state index in [4.69, 9.17) is 0 Å². The lowest BCUT2D eigenvalue weighted by molar-refractivity contribution is 0.655. The maximum absolute atomic E-state index is 2.90. The largest absolute Gasteiger partial charge is 0.123 e. The van der Waals surface area contributed by atoms with Gasteiger partial charge in [-0.25, -0.2) is 0 Å². The van der Waals surface area contributed by atoms with Crippen LogP contribution in [-0.2, 0) is 0 Å². The monoisotopic (exact) mass is 126 g/mol. The van der Waals surface area contributed by atoms with E-state index in [1.165, 1.54) is 25.7 Å². The molecule has 0 spiro atoms. The molecule has 0 aromatic carbocycles. The Balaban J connectivity index is 2.92. The first-order valence-electron chi connectivity index (χ1n) is 3.56. The van der Waals surface area contributed by atoms with E-state index < -0.39 is 0 Å². The first kappa shape index (κ1) is 8.53. The lowest BCUT2D eigenvalue weighted by Crippen LogP contribution is -1.89. The van der Waals surface area contributed by atoms with Crippen LogP contribution in [0.5, 0.6) is 0 Å². The zero-order valence-electron chi connectivity index (χ0n) is 5.98. The van der Waals surface area contributed by atoms with Crippen LogP contribution in [0.4, 0.5) is 0 Å². The molecule has 0 nitrogen and oxygen atoms in total. The summed E-state index contributed by atoms with van der Waals surface area (Å²) in [6.45, 7) is 4.49. The quantitative estimate of drug-likeness (QED) is 0.508. The molecule has 0 unspecified atom stereocenters. The predicted molar refractivity (Wildman–Crippen MR) is 39.3 cm³/mol. The minimum absolute atomic E-state index is 0.880. The standard InChI is InChI=1S/C7H15.Al/c1-3-5-7-6-4-2;/h7H,3-6H2,1-2H3;. The lowest BCUT2D eigenvalue weighted by Gasteiger charge is -2.06. The minimum atomic E-state index is 0.880. The number of hydrogen-bond donors (Lipinski definition) is 0. The number of rotatable bonds is 4. The van der Waals surface area contributed by atoms with Gasteiger partial charge in [0.1, 0.15) is 16.3 Å². The van der Waals surface area contributed by atoms with Gasteiger partial charge in [0.2, 0.25) is 0 Å². The molecule has 8 heavy (non-hydrogen) atoms. The van der Waals surface area contributed by atoms with E-state index in [0.29, 0.717) is 0 Å². The van der Waals surface area contributed by atoms with Gasteiger partial charge in [0.15, 0.2) is 0 Å². The smallest absolute Gasteiger partial charge is 0.107 e. The molecular formula is C7H15Al. The highest BCUT2D eigenvalue weighted by Gasteiger charge is 1.94. The molecule has 0 amide bonds. The van der Waals surface area contributed by atoms with Crippen LogP contribution in [0, 0.1) is 0 Å². The Labute approximate surface area is 61.1 Å². The molecule has 0 aliphatic carbocycles. The molecule has 0 aromatic heterocycles. The van der Waals surface area contributed by atoms with E-state index in [0.717, 1.165) is 4.78 Å². The van der Waals surface area contributed by atoms with Gasteiger partial charge in [-0.3, -0.25) is 0 Å². The lowest BCUT2D eigenvalue weighted by atomic mass is 10.1. The average molecular weight is 126 g/mol. The molecule has 0 saturated carbocycles. The van der Waals surface area contributed by atoms with Crippen molar-refractivity contribution in [3.05, 3.63) is 0 Å². The van der Waals surface area contributed by atoms with Crippen LogP contribution in [0.3, 0.4) is 0 Å². The molecule has 46 valence electrons. The van der Waals surface area contributed by atoms with Crippen LogP contribution in [-0.4, -0.2) is 16.3 Å². The van der Waals surface area contributed by atoms with E-state index in [1.807, 2.05) is 0 Å². The van der Waals surface area contributed by atoms with Crippen molar-refractivity contribution in [3.8, 4) is 0 Å². The van der Waals surface area contributed by atoms with E-state index >= 15 is 0 Å². The molecule has 0 heterocycles. The third-order valence-corrected chi connectivity index (χ3v) is 1.99. The molecule has 0 N–H and O–H groups in total. The fourth-order valence-electron chi connectivity index (χ4n) is 0.886. The van der Waals surface area contributed by atoms with Crippen LogP contribution in [0.25, 0.3) is 0 Å². The van der Waals surface area contributed by atoms with Crippen LogP contribution in [0.15, 0.2) is 0 Å². The molecule has 0 aliphatic rings. The van der Waals surface area contributed by atoms with E-state index in [2.05, 4.69) is 30.1 Å². The fraction of sp³-hybridized carbons (Fsp3) is 1.00. The van der Waals surface area contributed by atoms with Crippen molar-refractivity contribution < 1.29 is 0 Å². The average Bonchev–Trinajstić information content (AvgIpc) is 1.68. The second-order valence-corrected chi connectivity index (χ2v) is 3.28. The Bertz CT molecular complexity index is 37.7. The molecule has 0 atom stereocenters. The van der Waals surface area contributed by atoms with Gasteiger partial charge in [-0.2, -0.15) is 0 Å². The third-order valence-electron chi connectivity index (χ3n) is 1.32. The van der Waals surface area contributed by atoms with Crippen LogP contribution in [0.1, 0.15) is 39.5 Å². The summed E-state index contributed by atoms with van der Waals surface area (Å²) in [5, 5.41) is 0. The zero-order valence-corrected chi connectivity index (χ0v) is 7.14. The summed E-state index contributed by atoms with van der Waals surface area (Å²) >= 11 is 2.90. The van der Waals surface area contributed by atoms with E-state index in [1.54, 1.807) is 0 Å². The molecule has 0 rings (SSSR count). The van der Waals surface area contributed by atoms with Crippen molar-refractivity contribution in [2.75, 3.05) is 0 Å². The Hall–Kier alpha value is 0.532. The van der Waals surface area contributed by atoms with Crippen LogP contribution < -0.4 is 0 Å². The molecule has 0 bridgehead atoms. The number of hydrogen-bond acceptors (Lipinski definition) is 0. The van der Waals surface area contributed by atoms with Crippen molar-refractivity contribution in [2.45, 2.75) is 44.3 Å². The Kier molecular flexibility index (Phi) is 6.04. The van der Waals surface area contributed by atoms with Crippen molar-refractivity contribution >= 4 is 16.3 Å². The molecular weight excluding hydrogens is 111 g/mol. The molecule has 0 aromatic rings. The van der Waals surface area contributed by atoms with Gasteiger partial charge < -0.3 is 0 Å². The summed E-state index contributed by atoms with van der Waals surface area (Å²) in [5.41, 5.74) is 0. The second kappa shape index (κ2) is 5.67. The maximum atomic E-state index is 2.90. The zero-order chi connectivity index (χ0) is 6.41. The molecule has 0 saturated heterocycles. The van der Waals surface area contributed by atoms with Crippen molar-refractivity contribution in [1.29, 1.82) is 0 Å². The topological polar surface area (TPSA) is 0 Å². The highest BCUT2D eigenvalue weighted by atomic mass is 27.0. The van der Waals surface area contributed by atoms with Crippen molar-refractivity contribution in [2.24, 2.45) is 0 Å². The SMILES string of the molecule is CCC[CH]([Al])CCC. The molecule has 0 aliphatic heterocycles. The Morgan fingerprint density at radius 1 is 1.12 bits per heavy atom. The van der Waals surface area contributed by atoms with Gasteiger partial charge >= 0.3 is 0 Å². The minimum Gasteiger partial charge on any atom is -0.107 e. The third kappa shape index (κ3) is 4.69. The highest BCUT2D eigenvalue weighted by Crippen LogP contribution is 2.14. The summed E-state index contributed by atoms with van der Waals surface area (Å²) in [7, 11) is 0. The maximum Gasteiger partial charge on any atom is 0.123 e. The van der Waals surface area contributed by atoms with Gasteiger partial charge in [0, 0.05) is 0 Å². The first-order chi connectivity index (χ1) is 3.81. The highest BCUT2D eigenvalue weighted by molar-refractivity contribution is 6.11. The predicted octanol–water partition coefficient (Wildman–Crippen LogP) is 2.54. The van der Waals surface area contributed by atoms with Gasteiger partial charge in [0.05, 0.1) is 0 Å². The van der Waals surface area contributed by atoms with Gasteiger partial charge in [0.25, 0.3) is 0 Å². The summed E-state index contributed by atoms with van der Waals surface area (Å²) in [6.07, 6.45) is 5.40. The fourth-order valence-corrected chi connectivity index (χ4v) is 1.55. The summed E-state index contributed by atoms with van der Waals surface area (Å²) in [4.78, 5) is 0. The Morgan fingerprint density at radius 3 is 1.75 bits per heavy atom. The summed E-state index contributed by atoms with van der Waals surface area (Å²) < 4.78 is 0.880. The van der Waals surface area contributed by atoms with E-state index in [-0.39, 0.29) is 0 Å². The molecule has 2 radical (unpaired) electrons. The van der Waals surface area contributed by atoms with E-state index in [9.17, 15) is 0 Å². The van der Waals surface area contributed by atoms with Gasteiger partial charge in [-0.05, 0) is 0 Å². The van der Waals surface area contributed by atoms with Crippen molar-refractivity contribution in [3.63, 3.8) is 0 Å². The molecule has 1 heteroatoms. The van der Waals surface area contributed by atoms with Gasteiger partial charge in [-0.1, -0.05) is 39.5 Å². The summed E-state index contributed by atoms with van der Waals surface area (Å²) in [6, 6.07) is 0. The van der Waals surface area contributed by atoms with Crippen molar-refractivity contribution in [1.82, 2.24) is 0 Å². The van der Waals surface area contributed by atoms with Crippen LogP contribution >= 0.6 is 0 Å². The Morgan fingerprint density at radius 2 is 1.50 bits per heavy atom. The second-order valence-electron chi connectivity index (χ2n) is 2.34.